The van der Waals surface area contributed by atoms with E-state index in [4.69, 9.17) is 0 Å². The quantitative estimate of drug-likeness (QED) is 0.798. The van der Waals surface area contributed by atoms with Crippen LogP contribution in [0.2, 0.25) is 0 Å². The van der Waals surface area contributed by atoms with Crippen molar-refractivity contribution in [3.63, 3.8) is 0 Å². The normalized spacial score (nSPS) is 19.8. The maximum atomic E-state index is 13.0. The van der Waals surface area contributed by atoms with Gasteiger partial charge in [0, 0.05) is 24.3 Å². The number of benzene rings is 1. The number of carbonyl (C=O) groups excluding carboxylic acids is 2. The summed E-state index contributed by atoms with van der Waals surface area (Å²) in [5.74, 6) is 0.583. The van der Waals surface area contributed by atoms with Crippen molar-refractivity contribution in [2.45, 2.75) is 71.3 Å². The number of anilines is 1. The summed E-state index contributed by atoms with van der Waals surface area (Å²) in [7, 11) is 0. The molecule has 1 saturated carbocycles. The van der Waals surface area contributed by atoms with Gasteiger partial charge in [0.25, 0.3) is 0 Å². The Morgan fingerprint density at radius 2 is 1.73 bits per heavy atom. The zero-order chi connectivity index (χ0) is 21.1. The van der Waals surface area contributed by atoms with Crippen LogP contribution in [0.25, 0.3) is 5.69 Å². The molecule has 0 radical (unpaired) electrons. The van der Waals surface area contributed by atoms with Gasteiger partial charge in [0.15, 0.2) is 0 Å². The van der Waals surface area contributed by atoms with Gasteiger partial charge >= 0.3 is 0 Å². The van der Waals surface area contributed by atoms with Crippen LogP contribution in [0.15, 0.2) is 30.3 Å². The van der Waals surface area contributed by atoms with Gasteiger partial charge in [0.2, 0.25) is 11.8 Å². The number of rotatable bonds is 5. The van der Waals surface area contributed by atoms with Gasteiger partial charge in [0.1, 0.15) is 6.04 Å². The molecular weight excluding hydrogens is 376 g/mol. The topological polar surface area (TPSA) is 67.2 Å². The Bertz CT molecular complexity index is 896. The molecule has 0 spiro atoms. The molecular formula is C24H32N4O2. The van der Waals surface area contributed by atoms with Crippen LogP contribution in [0.1, 0.15) is 62.8 Å². The molecule has 2 amide bonds. The molecule has 2 aromatic rings. The molecule has 2 aliphatic rings. The Balaban J connectivity index is 1.41. The highest BCUT2D eigenvalue weighted by molar-refractivity contribution is 5.97. The lowest BCUT2D eigenvalue weighted by Gasteiger charge is -2.35. The summed E-state index contributed by atoms with van der Waals surface area (Å²) in [4.78, 5) is 27.7. The lowest BCUT2D eigenvalue weighted by Crippen LogP contribution is -2.50. The second-order valence-corrected chi connectivity index (χ2v) is 8.83. The number of aryl methyl sites for hydroxylation is 2. The van der Waals surface area contributed by atoms with E-state index < -0.39 is 0 Å². The number of piperidine rings is 1. The maximum Gasteiger partial charge on any atom is 0.247 e. The highest BCUT2D eigenvalue weighted by Gasteiger charge is 2.33. The molecule has 0 unspecified atom stereocenters. The van der Waals surface area contributed by atoms with Crippen molar-refractivity contribution < 1.29 is 9.59 Å². The molecule has 1 N–H and O–H groups in total. The Kier molecular flexibility index (Phi) is 6.21. The molecule has 4 rings (SSSR count). The van der Waals surface area contributed by atoms with Crippen LogP contribution in [0.5, 0.6) is 0 Å². The summed E-state index contributed by atoms with van der Waals surface area (Å²) in [6, 6.07) is 9.39. The number of likely N-dealkylation sites (tertiary alicyclic amines) is 1. The van der Waals surface area contributed by atoms with Crippen molar-refractivity contribution >= 4 is 17.5 Å². The Hall–Kier alpha value is -2.63. The number of nitrogens with one attached hydrogen (secondary N) is 1. The number of amides is 2. The SMILES string of the molecule is Cc1cc(C)n(-c2ccc(NC(=O)[C@H]3CCCCN3C(=O)CC3CCCC3)cc2)n1. The van der Waals surface area contributed by atoms with Crippen molar-refractivity contribution in [2.75, 3.05) is 11.9 Å². The minimum Gasteiger partial charge on any atom is -0.331 e. The maximum absolute atomic E-state index is 13.0. The number of nitrogens with zero attached hydrogens (tertiary/aromatic N) is 3. The Labute approximate surface area is 178 Å². The second-order valence-electron chi connectivity index (χ2n) is 8.83. The number of carbonyl (C=O) groups is 2. The lowest BCUT2D eigenvalue weighted by molar-refractivity contribution is -0.141. The largest absolute Gasteiger partial charge is 0.331 e. The molecule has 1 saturated heterocycles. The molecule has 6 heteroatoms. The zero-order valence-electron chi connectivity index (χ0n) is 18.1. The van der Waals surface area contributed by atoms with Gasteiger partial charge in [-0.15, -0.1) is 0 Å². The first-order chi connectivity index (χ1) is 14.5. The third-order valence-electron chi connectivity index (χ3n) is 6.45. The van der Waals surface area contributed by atoms with Crippen LogP contribution in [-0.2, 0) is 9.59 Å². The summed E-state index contributed by atoms with van der Waals surface area (Å²) >= 11 is 0. The van der Waals surface area contributed by atoms with Gasteiger partial charge in [-0.05, 0) is 82.2 Å². The van der Waals surface area contributed by atoms with Crippen LogP contribution >= 0.6 is 0 Å². The molecule has 160 valence electrons. The number of aromatic nitrogens is 2. The van der Waals surface area contributed by atoms with E-state index in [-0.39, 0.29) is 17.9 Å². The fourth-order valence-corrected chi connectivity index (χ4v) is 4.88. The van der Waals surface area contributed by atoms with E-state index in [0.29, 0.717) is 18.9 Å². The molecule has 30 heavy (non-hydrogen) atoms. The second kappa shape index (κ2) is 9.02. The van der Waals surface area contributed by atoms with E-state index in [1.807, 2.05) is 53.8 Å². The number of hydrogen-bond acceptors (Lipinski definition) is 3. The smallest absolute Gasteiger partial charge is 0.247 e. The lowest BCUT2D eigenvalue weighted by atomic mass is 9.97. The minimum atomic E-state index is -0.358. The molecule has 1 aliphatic heterocycles. The molecule has 1 aliphatic carbocycles. The average molecular weight is 409 g/mol. The zero-order valence-corrected chi connectivity index (χ0v) is 18.1. The van der Waals surface area contributed by atoms with Gasteiger partial charge in [-0.1, -0.05) is 12.8 Å². The van der Waals surface area contributed by atoms with Gasteiger partial charge in [-0.25, -0.2) is 4.68 Å². The van der Waals surface area contributed by atoms with E-state index in [0.717, 1.165) is 54.9 Å². The van der Waals surface area contributed by atoms with Crippen LogP contribution in [-0.4, -0.2) is 39.1 Å². The summed E-state index contributed by atoms with van der Waals surface area (Å²) in [6.07, 6.45) is 8.08. The van der Waals surface area contributed by atoms with Crippen LogP contribution in [0.3, 0.4) is 0 Å². The Morgan fingerprint density at radius 1 is 1.03 bits per heavy atom. The first-order valence-corrected chi connectivity index (χ1v) is 11.3. The standard InChI is InChI=1S/C24H32N4O2/c1-17-15-18(2)28(26-17)21-12-10-20(11-13-21)25-24(30)22-9-5-6-14-27(22)23(29)16-19-7-3-4-8-19/h10-13,15,19,22H,3-9,14,16H2,1-2H3,(H,25,30)/t22-/m1/s1. The first-order valence-electron chi connectivity index (χ1n) is 11.3. The molecule has 0 bridgehead atoms. The van der Waals surface area contributed by atoms with E-state index in [9.17, 15) is 9.59 Å². The summed E-state index contributed by atoms with van der Waals surface area (Å²) in [5, 5.41) is 7.53. The van der Waals surface area contributed by atoms with Crippen molar-refractivity contribution in [1.29, 1.82) is 0 Å². The van der Waals surface area contributed by atoms with E-state index in [2.05, 4.69) is 10.4 Å². The third kappa shape index (κ3) is 4.58. The highest BCUT2D eigenvalue weighted by Crippen LogP contribution is 2.29. The van der Waals surface area contributed by atoms with Crippen LogP contribution in [0, 0.1) is 19.8 Å². The van der Waals surface area contributed by atoms with Crippen molar-refractivity contribution in [3.8, 4) is 5.69 Å². The fraction of sp³-hybridized carbons (Fsp3) is 0.542. The van der Waals surface area contributed by atoms with E-state index >= 15 is 0 Å². The fourth-order valence-electron chi connectivity index (χ4n) is 4.88. The van der Waals surface area contributed by atoms with Gasteiger partial charge in [-0.2, -0.15) is 5.10 Å². The minimum absolute atomic E-state index is 0.0756. The number of hydrogen-bond donors (Lipinski definition) is 1. The van der Waals surface area contributed by atoms with Crippen LogP contribution < -0.4 is 5.32 Å². The predicted octanol–water partition coefficient (Wildman–Crippen LogP) is 4.39. The molecule has 1 aromatic carbocycles. The first kappa shape index (κ1) is 20.6. The Morgan fingerprint density at radius 3 is 2.40 bits per heavy atom. The molecule has 1 aromatic heterocycles. The third-order valence-corrected chi connectivity index (χ3v) is 6.45. The molecule has 2 heterocycles. The van der Waals surface area contributed by atoms with E-state index in [1.54, 1.807) is 0 Å². The molecule has 6 nitrogen and oxygen atoms in total. The molecule has 1 atom stereocenters. The summed E-state index contributed by atoms with van der Waals surface area (Å²) < 4.78 is 1.89. The monoisotopic (exact) mass is 408 g/mol. The van der Waals surface area contributed by atoms with E-state index in [1.165, 1.54) is 12.8 Å². The van der Waals surface area contributed by atoms with Gasteiger partial charge in [-0.3, -0.25) is 9.59 Å². The predicted molar refractivity (Wildman–Crippen MR) is 118 cm³/mol. The summed E-state index contributed by atoms with van der Waals surface area (Å²) in [6.45, 7) is 4.69. The van der Waals surface area contributed by atoms with Crippen LogP contribution in [0.4, 0.5) is 5.69 Å². The van der Waals surface area contributed by atoms with Crippen molar-refractivity contribution in [2.24, 2.45) is 5.92 Å². The van der Waals surface area contributed by atoms with Crippen molar-refractivity contribution in [1.82, 2.24) is 14.7 Å². The highest BCUT2D eigenvalue weighted by atomic mass is 16.2. The van der Waals surface area contributed by atoms with Gasteiger partial charge < -0.3 is 10.2 Å². The average Bonchev–Trinajstić information content (AvgIpc) is 3.37. The summed E-state index contributed by atoms with van der Waals surface area (Å²) in [5.41, 5.74) is 3.76. The molecule has 2 fully saturated rings. The van der Waals surface area contributed by atoms with Gasteiger partial charge in [0.05, 0.1) is 11.4 Å². The van der Waals surface area contributed by atoms with Crippen molar-refractivity contribution in [3.05, 3.63) is 41.7 Å².